The standard InChI is InChI=1S/C17H19F3N2O5S/c1-9(17(18,19)20)27-13-4-3-11(28(2,25)26)5-12(13)14(23)22-7-10-6-16(10,8-22)15(21)24/h3-5,9-10H,6-8H2,1-2H3,(H2,21,24)/t9-,10?,16?/m1/s1. The molecule has 28 heavy (non-hydrogen) atoms. The van der Waals surface area contributed by atoms with E-state index in [1.807, 2.05) is 0 Å². The van der Waals surface area contributed by atoms with Crippen LogP contribution in [0, 0.1) is 11.3 Å². The highest BCUT2D eigenvalue weighted by Gasteiger charge is 2.65. The molecule has 154 valence electrons. The van der Waals surface area contributed by atoms with Crippen LogP contribution >= 0.6 is 0 Å². The molecule has 1 aromatic rings. The predicted molar refractivity (Wildman–Crippen MR) is 91.3 cm³/mol. The Labute approximate surface area is 159 Å². The van der Waals surface area contributed by atoms with E-state index in [-0.39, 0.29) is 35.2 Å². The number of benzene rings is 1. The summed E-state index contributed by atoms with van der Waals surface area (Å²) in [6.07, 6.45) is -5.39. The molecule has 1 saturated carbocycles. The first-order chi connectivity index (χ1) is 12.8. The molecule has 0 radical (unpaired) electrons. The van der Waals surface area contributed by atoms with Crippen molar-refractivity contribution in [2.45, 2.75) is 30.5 Å². The number of likely N-dealkylation sites (tertiary alicyclic amines) is 1. The molecule has 2 amide bonds. The number of sulfone groups is 1. The highest BCUT2D eigenvalue weighted by Crippen LogP contribution is 2.57. The SMILES string of the molecule is C[C@@H](Oc1ccc(S(C)(=O)=O)cc1C(=O)N1CC2CC2(C(N)=O)C1)C(F)(F)F. The van der Waals surface area contributed by atoms with E-state index in [2.05, 4.69) is 0 Å². The van der Waals surface area contributed by atoms with E-state index < -0.39 is 39.3 Å². The molecule has 11 heteroatoms. The molecule has 0 spiro atoms. The van der Waals surface area contributed by atoms with E-state index in [0.717, 1.165) is 31.4 Å². The van der Waals surface area contributed by atoms with Crippen molar-refractivity contribution in [3.63, 3.8) is 0 Å². The Bertz CT molecular complexity index is 947. The van der Waals surface area contributed by atoms with Crippen LogP contribution in [0.25, 0.3) is 0 Å². The number of fused-ring (bicyclic) bond motifs is 1. The number of primary amides is 1. The fourth-order valence-corrected chi connectivity index (χ4v) is 4.10. The van der Waals surface area contributed by atoms with Gasteiger partial charge in [0.05, 0.1) is 15.9 Å². The Kier molecular flexibility index (Phi) is 4.64. The van der Waals surface area contributed by atoms with Gasteiger partial charge in [0, 0.05) is 19.3 Å². The number of piperidine rings is 1. The number of nitrogens with zero attached hydrogens (tertiary/aromatic N) is 1. The monoisotopic (exact) mass is 420 g/mol. The Morgan fingerprint density at radius 1 is 1.36 bits per heavy atom. The summed E-state index contributed by atoms with van der Waals surface area (Å²) in [5.41, 5.74) is 4.29. The van der Waals surface area contributed by atoms with Gasteiger partial charge in [-0.15, -0.1) is 0 Å². The highest BCUT2D eigenvalue weighted by molar-refractivity contribution is 7.90. The quantitative estimate of drug-likeness (QED) is 0.774. The summed E-state index contributed by atoms with van der Waals surface area (Å²) in [7, 11) is -3.71. The fraction of sp³-hybridized carbons (Fsp3) is 0.529. The molecule has 0 bridgehead atoms. The first kappa shape index (κ1) is 20.4. The van der Waals surface area contributed by atoms with Crippen LogP contribution in [0.1, 0.15) is 23.7 Å². The number of nitrogens with two attached hydrogens (primary N) is 1. The van der Waals surface area contributed by atoms with Gasteiger partial charge in [-0.2, -0.15) is 13.2 Å². The van der Waals surface area contributed by atoms with Crippen molar-refractivity contribution in [3.8, 4) is 5.75 Å². The minimum Gasteiger partial charge on any atom is -0.480 e. The summed E-state index contributed by atoms with van der Waals surface area (Å²) < 4.78 is 67.1. The lowest BCUT2D eigenvalue weighted by molar-refractivity contribution is -0.189. The summed E-state index contributed by atoms with van der Waals surface area (Å²) in [6, 6.07) is 3.11. The zero-order chi connectivity index (χ0) is 21.1. The van der Waals surface area contributed by atoms with Crippen molar-refractivity contribution in [3.05, 3.63) is 23.8 Å². The molecule has 2 fully saturated rings. The maximum atomic E-state index is 12.9. The molecule has 3 rings (SSSR count). The number of ether oxygens (including phenoxy) is 1. The first-order valence-corrected chi connectivity index (χ1v) is 10.3. The molecule has 2 N–H and O–H groups in total. The molecule has 1 saturated heterocycles. The van der Waals surface area contributed by atoms with Crippen LogP contribution in [0.5, 0.6) is 5.75 Å². The minimum atomic E-state index is -4.67. The van der Waals surface area contributed by atoms with Crippen molar-refractivity contribution >= 4 is 21.7 Å². The van der Waals surface area contributed by atoms with Gasteiger partial charge in [0.25, 0.3) is 5.91 Å². The Hall–Kier alpha value is -2.30. The average Bonchev–Trinajstić information content (AvgIpc) is 3.14. The average molecular weight is 420 g/mol. The molecule has 2 unspecified atom stereocenters. The van der Waals surface area contributed by atoms with Crippen molar-refractivity contribution < 1.29 is 35.9 Å². The second kappa shape index (κ2) is 6.36. The van der Waals surface area contributed by atoms with Crippen molar-refractivity contribution in [2.75, 3.05) is 19.3 Å². The lowest BCUT2D eigenvalue weighted by Gasteiger charge is -2.24. The number of rotatable bonds is 5. The van der Waals surface area contributed by atoms with E-state index in [1.165, 1.54) is 4.90 Å². The Balaban J connectivity index is 1.95. The van der Waals surface area contributed by atoms with Crippen molar-refractivity contribution in [1.29, 1.82) is 0 Å². The molecule has 1 aromatic carbocycles. The molecule has 2 aliphatic rings. The van der Waals surface area contributed by atoms with Crippen LogP contribution in [0.15, 0.2) is 23.1 Å². The number of carbonyl (C=O) groups is 2. The van der Waals surface area contributed by atoms with Crippen LogP contribution in [-0.2, 0) is 14.6 Å². The molecule has 3 atom stereocenters. The number of halogens is 3. The molecule has 1 heterocycles. The fourth-order valence-electron chi connectivity index (χ4n) is 3.46. The van der Waals surface area contributed by atoms with Gasteiger partial charge in [0.15, 0.2) is 15.9 Å². The number of hydrogen-bond acceptors (Lipinski definition) is 5. The van der Waals surface area contributed by atoms with Gasteiger partial charge in [0.1, 0.15) is 5.75 Å². The van der Waals surface area contributed by atoms with Crippen LogP contribution in [-0.4, -0.2) is 56.8 Å². The molecular formula is C17H19F3N2O5S. The maximum absolute atomic E-state index is 12.9. The Morgan fingerprint density at radius 3 is 2.50 bits per heavy atom. The second-order valence-corrected chi connectivity index (χ2v) is 9.35. The second-order valence-electron chi connectivity index (χ2n) is 7.34. The predicted octanol–water partition coefficient (Wildman–Crippen LogP) is 1.37. The lowest BCUT2D eigenvalue weighted by atomic mass is 10.1. The number of alkyl halides is 3. The molecule has 7 nitrogen and oxygen atoms in total. The van der Waals surface area contributed by atoms with Gasteiger partial charge >= 0.3 is 6.18 Å². The molecule has 1 aliphatic heterocycles. The maximum Gasteiger partial charge on any atom is 0.425 e. The smallest absolute Gasteiger partial charge is 0.425 e. The van der Waals surface area contributed by atoms with Gasteiger partial charge in [-0.25, -0.2) is 8.42 Å². The van der Waals surface area contributed by atoms with Crippen LogP contribution in [0.3, 0.4) is 0 Å². The number of carbonyl (C=O) groups excluding carboxylic acids is 2. The molecule has 0 aromatic heterocycles. The lowest BCUT2D eigenvalue weighted by Crippen LogP contribution is -2.37. The Morgan fingerprint density at radius 2 is 2.00 bits per heavy atom. The normalized spacial score (nSPS) is 25.2. The van der Waals surface area contributed by atoms with Gasteiger partial charge in [-0.05, 0) is 37.5 Å². The molecule has 1 aliphatic carbocycles. The number of hydrogen-bond donors (Lipinski definition) is 1. The highest BCUT2D eigenvalue weighted by atomic mass is 32.2. The minimum absolute atomic E-state index is 0.0448. The topological polar surface area (TPSA) is 107 Å². The molecular weight excluding hydrogens is 401 g/mol. The largest absolute Gasteiger partial charge is 0.480 e. The van der Waals surface area contributed by atoms with E-state index >= 15 is 0 Å². The third-order valence-electron chi connectivity index (χ3n) is 5.30. The summed E-state index contributed by atoms with van der Waals surface area (Å²) >= 11 is 0. The summed E-state index contributed by atoms with van der Waals surface area (Å²) in [6.45, 7) is 1.05. The van der Waals surface area contributed by atoms with Crippen LogP contribution in [0.2, 0.25) is 0 Å². The summed E-state index contributed by atoms with van der Waals surface area (Å²) in [4.78, 5) is 25.6. The zero-order valence-electron chi connectivity index (χ0n) is 15.1. The van der Waals surface area contributed by atoms with Crippen LogP contribution < -0.4 is 10.5 Å². The summed E-state index contributed by atoms with van der Waals surface area (Å²) in [5, 5.41) is 0. The van der Waals surface area contributed by atoms with E-state index in [9.17, 15) is 31.2 Å². The number of amides is 2. The van der Waals surface area contributed by atoms with E-state index in [1.54, 1.807) is 0 Å². The zero-order valence-corrected chi connectivity index (χ0v) is 15.9. The van der Waals surface area contributed by atoms with Gasteiger partial charge in [0.2, 0.25) is 5.91 Å². The first-order valence-electron chi connectivity index (χ1n) is 8.42. The third-order valence-corrected chi connectivity index (χ3v) is 6.41. The van der Waals surface area contributed by atoms with Crippen molar-refractivity contribution in [1.82, 2.24) is 4.90 Å². The third kappa shape index (κ3) is 3.54. The van der Waals surface area contributed by atoms with E-state index in [0.29, 0.717) is 6.42 Å². The van der Waals surface area contributed by atoms with Gasteiger partial charge < -0.3 is 15.4 Å². The summed E-state index contributed by atoms with van der Waals surface area (Å²) in [5.74, 6) is -1.70. The van der Waals surface area contributed by atoms with E-state index in [4.69, 9.17) is 10.5 Å². The van der Waals surface area contributed by atoms with Gasteiger partial charge in [-0.3, -0.25) is 9.59 Å². The van der Waals surface area contributed by atoms with Crippen molar-refractivity contribution in [2.24, 2.45) is 17.1 Å². The van der Waals surface area contributed by atoms with Gasteiger partial charge in [-0.1, -0.05) is 0 Å². The van der Waals surface area contributed by atoms with Crippen LogP contribution in [0.4, 0.5) is 13.2 Å².